The van der Waals surface area contributed by atoms with Crippen LogP contribution in [-0.4, -0.2) is 44.6 Å². The highest BCUT2D eigenvalue weighted by atomic mass is 16.5. The van der Waals surface area contributed by atoms with Crippen molar-refractivity contribution in [3.8, 4) is 11.5 Å². The lowest BCUT2D eigenvalue weighted by Gasteiger charge is -2.26. The van der Waals surface area contributed by atoms with Gasteiger partial charge in [-0.15, -0.1) is 0 Å². The Morgan fingerprint density at radius 3 is 2.39 bits per heavy atom. The first-order chi connectivity index (χ1) is 17.3. The number of anilines is 2. The summed E-state index contributed by atoms with van der Waals surface area (Å²) in [5.74, 6) is -0.777. The number of benzene rings is 3. The lowest BCUT2D eigenvalue weighted by molar-refractivity contribution is -0.132. The molecule has 0 saturated carbocycles. The number of carbonyl (C=O) groups is 2. The van der Waals surface area contributed by atoms with Crippen molar-refractivity contribution in [3.05, 3.63) is 89.0 Å². The van der Waals surface area contributed by atoms with Crippen molar-refractivity contribution in [3.63, 3.8) is 0 Å². The fourth-order valence-electron chi connectivity index (χ4n) is 4.41. The van der Waals surface area contributed by atoms with Crippen LogP contribution in [0.4, 0.5) is 11.4 Å². The van der Waals surface area contributed by atoms with Gasteiger partial charge < -0.3 is 19.5 Å². The summed E-state index contributed by atoms with van der Waals surface area (Å²) in [5.41, 5.74) is 3.39. The monoisotopic (exact) mass is 486 g/mol. The van der Waals surface area contributed by atoms with Crippen molar-refractivity contribution in [1.82, 2.24) is 0 Å². The van der Waals surface area contributed by atoms with Gasteiger partial charge in [0.05, 0.1) is 30.9 Å². The third-order valence-corrected chi connectivity index (χ3v) is 6.19. The fraction of sp³-hybridized carbons (Fsp3) is 0.241. The first-order valence-electron chi connectivity index (χ1n) is 11.7. The van der Waals surface area contributed by atoms with Gasteiger partial charge in [-0.05, 0) is 55.8 Å². The zero-order valence-corrected chi connectivity index (χ0v) is 21.1. The van der Waals surface area contributed by atoms with Crippen molar-refractivity contribution in [2.45, 2.75) is 19.9 Å². The van der Waals surface area contributed by atoms with Crippen LogP contribution in [0.5, 0.6) is 11.5 Å². The lowest BCUT2D eigenvalue weighted by atomic mass is 9.94. The molecule has 186 valence electrons. The van der Waals surface area contributed by atoms with Gasteiger partial charge in [0.2, 0.25) is 0 Å². The highest BCUT2D eigenvalue weighted by Gasteiger charge is 2.47. The summed E-state index contributed by atoms with van der Waals surface area (Å²) in [6.45, 7) is 4.22. The van der Waals surface area contributed by atoms with E-state index in [1.807, 2.05) is 63.2 Å². The molecule has 0 aromatic heterocycles. The molecule has 0 bridgehead atoms. The predicted octanol–water partition coefficient (Wildman–Crippen LogP) is 5.09. The predicted molar refractivity (Wildman–Crippen MR) is 141 cm³/mol. The average molecular weight is 487 g/mol. The molecule has 36 heavy (non-hydrogen) atoms. The highest BCUT2D eigenvalue weighted by molar-refractivity contribution is 6.51. The molecule has 3 aromatic rings. The topological polar surface area (TPSA) is 79.3 Å². The Balaban J connectivity index is 1.96. The van der Waals surface area contributed by atoms with Crippen LogP contribution in [0.2, 0.25) is 0 Å². The molecule has 1 unspecified atom stereocenters. The number of hydrogen-bond acceptors (Lipinski definition) is 6. The van der Waals surface area contributed by atoms with E-state index in [1.165, 1.54) is 12.0 Å². The summed E-state index contributed by atoms with van der Waals surface area (Å²) in [5, 5.41) is 11.5. The van der Waals surface area contributed by atoms with E-state index in [0.717, 1.165) is 11.3 Å². The third-order valence-electron chi connectivity index (χ3n) is 6.19. The zero-order valence-electron chi connectivity index (χ0n) is 21.1. The normalized spacial score (nSPS) is 16.8. The van der Waals surface area contributed by atoms with Gasteiger partial charge in [0.15, 0.2) is 0 Å². The van der Waals surface area contributed by atoms with Crippen molar-refractivity contribution in [2.75, 3.05) is 37.6 Å². The number of Topliss-reactive ketones (excluding diaryl/α,β-unsaturated/α-hetero) is 1. The maximum Gasteiger partial charge on any atom is 0.300 e. The summed E-state index contributed by atoms with van der Waals surface area (Å²) in [6.07, 6.45) is 0. The quantitative estimate of drug-likeness (QED) is 0.285. The van der Waals surface area contributed by atoms with E-state index in [9.17, 15) is 14.7 Å². The Labute approximate surface area is 211 Å². The smallest absolute Gasteiger partial charge is 0.300 e. The van der Waals surface area contributed by atoms with Gasteiger partial charge in [0, 0.05) is 31.5 Å². The Hall–Kier alpha value is -4.26. The number of methoxy groups -OCH3 is 1. The number of ketones is 1. The minimum Gasteiger partial charge on any atom is -0.507 e. The number of aliphatic hydroxyl groups excluding tert-OH is 1. The Morgan fingerprint density at radius 1 is 1.03 bits per heavy atom. The van der Waals surface area contributed by atoms with E-state index < -0.39 is 17.7 Å². The van der Waals surface area contributed by atoms with Gasteiger partial charge in [0.1, 0.15) is 17.3 Å². The summed E-state index contributed by atoms with van der Waals surface area (Å²) >= 11 is 0. The highest BCUT2D eigenvalue weighted by Crippen LogP contribution is 2.44. The SMILES string of the molecule is CCOc1cccc(N2C(=O)C(=O)/C(=C(/O)c3cc(C)ccc3OC)C2c2ccc(N(C)C)cc2)c1. The molecule has 0 radical (unpaired) electrons. The molecule has 0 aliphatic carbocycles. The van der Waals surface area contributed by atoms with Crippen LogP contribution < -0.4 is 19.3 Å². The van der Waals surface area contributed by atoms with Crippen LogP contribution in [0.25, 0.3) is 5.76 Å². The minimum absolute atomic E-state index is 0.00307. The Morgan fingerprint density at radius 2 is 1.75 bits per heavy atom. The molecule has 1 heterocycles. The molecule has 4 rings (SSSR count). The second-order valence-electron chi connectivity index (χ2n) is 8.79. The summed E-state index contributed by atoms with van der Waals surface area (Å²) in [4.78, 5) is 30.3. The molecule has 1 atom stereocenters. The molecular formula is C29H30N2O5. The molecule has 1 fully saturated rings. The number of amides is 1. The lowest BCUT2D eigenvalue weighted by Crippen LogP contribution is -2.29. The van der Waals surface area contributed by atoms with Crippen LogP contribution in [0.15, 0.2) is 72.3 Å². The van der Waals surface area contributed by atoms with Crippen molar-refractivity contribution in [2.24, 2.45) is 0 Å². The standard InChI is InChI=1S/C29H30N2O5/c1-6-36-22-9-7-8-21(17-22)31-26(19-11-13-20(14-12-19)30(3)4)25(28(33)29(31)34)27(32)23-16-18(2)10-15-24(23)35-5/h7-17,26,32H,6H2,1-5H3/b27-25+. The molecular weight excluding hydrogens is 456 g/mol. The zero-order chi connectivity index (χ0) is 26.0. The van der Waals surface area contributed by atoms with Gasteiger partial charge in [-0.3, -0.25) is 14.5 Å². The van der Waals surface area contributed by atoms with E-state index in [0.29, 0.717) is 34.9 Å². The van der Waals surface area contributed by atoms with E-state index in [-0.39, 0.29) is 11.3 Å². The van der Waals surface area contributed by atoms with Gasteiger partial charge in [-0.2, -0.15) is 0 Å². The van der Waals surface area contributed by atoms with E-state index in [4.69, 9.17) is 9.47 Å². The number of aryl methyl sites for hydroxylation is 1. The fourth-order valence-corrected chi connectivity index (χ4v) is 4.41. The van der Waals surface area contributed by atoms with E-state index >= 15 is 0 Å². The molecule has 1 N–H and O–H groups in total. The van der Waals surface area contributed by atoms with Crippen LogP contribution in [-0.2, 0) is 9.59 Å². The molecule has 7 nitrogen and oxygen atoms in total. The number of nitrogens with zero attached hydrogens (tertiary/aromatic N) is 2. The second kappa shape index (κ2) is 10.2. The molecule has 1 aliphatic heterocycles. The van der Waals surface area contributed by atoms with Crippen molar-refractivity contribution >= 4 is 28.8 Å². The Bertz CT molecular complexity index is 1330. The number of ether oxygens (including phenoxy) is 2. The third kappa shape index (κ3) is 4.52. The molecule has 1 aliphatic rings. The molecule has 7 heteroatoms. The van der Waals surface area contributed by atoms with Crippen LogP contribution in [0.3, 0.4) is 0 Å². The number of aliphatic hydroxyl groups is 1. The molecule has 3 aromatic carbocycles. The van der Waals surface area contributed by atoms with Gasteiger partial charge >= 0.3 is 0 Å². The van der Waals surface area contributed by atoms with Gasteiger partial charge in [-0.25, -0.2) is 0 Å². The molecule has 0 spiro atoms. The average Bonchev–Trinajstić information content (AvgIpc) is 3.14. The van der Waals surface area contributed by atoms with Crippen LogP contribution in [0, 0.1) is 6.92 Å². The number of carbonyl (C=O) groups excluding carboxylic acids is 2. The Kier molecular flexibility index (Phi) is 7.01. The van der Waals surface area contributed by atoms with Crippen molar-refractivity contribution < 1.29 is 24.2 Å². The van der Waals surface area contributed by atoms with Crippen molar-refractivity contribution in [1.29, 1.82) is 0 Å². The maximum atomic E-state index is 13.5. The van der Waals surface area contributed by atoms with Gasteiger partial charge in [0.25, 0.3) is 11.7 Å². The first-order valence-corrected chi connectivity index (χ1v) is 11.7. The maximum absolute atomic E-state index is 13.5. The minimum atomic E-state index is -0.844. The molecule has 1 amide bonds. The second-order valence-corrected chi connectivity index (χ2v) is 8.79. The van der Waals surface area contributed by atoms with E-state index in [2.05, 4.69) is 0 Å². The first kappa shape index (κ1) is 24.9. The van der Waals surface area contributed by atoms with Crippen LogP contribution in [0.1, 0.15) is 29.7 Å². The summed E-state index contributed by atoms with van der Waals surface area (Å²) in [7, 11) is 5.37. The van der Waals surface area contributed by atoms with Crippen LogP contribution >= 0.6 is 0 Å². The summed E-state index contributed by atoms with van der Waals surface area (Å²) < 4.78 is 11.1. The largest absolute Gasteiger partial charge is 0.507 e. The number of hydrogen-bond donors (Lipinski definition) is 1. The van der Waals surface area contributed by atoms with E-state index in [1.54, 1.807) is 36.4 Å². The van der Waals surface area contributed by atoms with Gasteiger partial charge in [-0.1, -0.05) is 29.8 Å². The number of rotatable bonds is 7. The molecule has 1 saturated heterocycles. The summed E-state index contributed by atoms with van der Waals surface area (Å²) in [6, 6.07) is 19.1.